The molecule has 2 aromatic rings. The van der Waals surface area contributed by atoms with Crippen LogP contribution in [-0.2, 0) is 0 Å². The van der Waals surface area contributed by atoms with Crippen LogP contribution in [0.4, 0.5) is 0 Å². The van der Waals surface area contributed by atoms with Gasteiger partial charge in [0.1, 0.15) is 13.2 Å². The van der Waals surface area contributed by atoms with Crippen molar-refractivity contribution in [3.8, 4) is 11.5 Å². The van der Waals surface area contributed by atoms with Crippen LogP contribution in [0.25, 0.3) is 0 Å². The summed E-state index contributed by atoms with van der Waals surface area (Å²) in [6.45, 7) is 3.19. The van der Waals surface area contributed by atoms with Gasteiger partial charge in [-0.1, -0.05) is 30.8 Å². The molecule has 1 N–H and O–H groups in total. The molecule has 21 heavy (non-hydrogen) atoms. The minimum Gasteiger partial charge on any atom is -0.486 e. The molecule has 4 heteroatoms. The minimum atomic E-state index is -0.377. The number of hydrogen-bond donors (Lipinski definition) is 1. The highest BCUT2D eigenvalue weighted by molar-refractivity contribution is 7.99. The van der Waals surface area contributed by atoms with Crippen molar-refractivity contribution in [3.63, 3.8) is 0 Å². The largest absolute Gasteiger partial charge is 0.486 e. The van der Waals surface area contributed by atoms with Crippen LogP contribution < -0.4 is 9.47 Å². The van der Waals surface area contributed by atoms with E-state index in [4.69, 9.17) is 9.47 Å². The molecule has 0 fully saturated rings. The van der Waals surface area contributed by atoms with Crippen LogP contribution in [0.2, 0.25) is 0 Å². The summed E-state index contributed by atoms with van der Waals surface area (Å²) in [5.41, 5.74) is 0.962. The lowest BCUT2D eigenvalue weighted by Gasteiger charge is -2.18. The molecule has 3 rings (SSSR count). The normalized spacial score (nSPS) is 14.8. The molecular formula is C17H18O3S. The van der Waals surface area contributed by atoms with Crippen LogP contribution in [0.15, 0.2) is 52.3 Å². The van der Waals surface area contributed by atoms with Crippen LogP contribution in [0.1, 0.15) is 25.0 Å². The molecule has 0 spiro atoms. The van der Waals surface area contributed by atoms with E-state index in [1.54, 1.807) is 11.8 Å². The van der Waals surface area contributed by atoms with Crippen molar-refractivity contribution in [1.29, 1.82) is 0 Å². The number of aliphatic hydroxyl groups excluding tert-OH is 1. The fourth-order valence-corrected chi connectivity index (χ4v) is 3.06. The summed E-state index contributed by atoms with van der Waals surface area (Å²) < 4.78 is 11.1. The number of ether oxygens (including phenoxy) is 2. The van der Waals surface area contributed by atoms with Crippen molar-refractivity contribution in [2.75, 3.05) is 13.2 Å². The van der Waals surface area contributed by atoms with E-state index in [2.05, 4.69) is 0 Å². The van der Waals surface area contributed by atoms with Gasteiger partial charge < -0.3 is 14.6 Å². The standard InChI is InChI=1S/C17H18O3S/c1-2-15(18)12-3-5-13(6-4-12)21-14-7-8-16-17(11-14)20-10-9-19-16/h3-8,11,15,18H,2,9-10H2,1H3/t15-/m0/s1. The average molecular weight is 302 g/mol. The first-order valence-electron chi connectivity index (χ1n) is 7.12. The maximum absolute atomic E-state index is 9.81. The number of fused-ring (bicyclic) bond motifs is 1. The van der Waals surface area contributed by atoms with Crippen molar-refractivity contribution in [2.24, 2.45) is 0 Å². The number of benzene rings is 2. The summed E-state index contributed by atoms with van der Waals surface area (Å²) in [5.74, 6) is 1.62. The Morgan fingerprint density at radius 2 is 1.67 bits per heavy atom. The van der Waals surface area contributed by atoms with Crippen LogP contribution >= 0.6 is 11.8 Å². The lowest BCUT2D eigenvalue weighted by molar-refractivity contribution is 0.171. The zero-order valence-corrected chi connectivity index (χ0v) is 12.7. The van der Waals surface area contributed by atoms with Gasteiger partial charge in [0, 0.05) is 9.79 Å². The molecule has 1 aliphatic heterocycles. The minimum absolute atomic E-state index is 0.377. The number of aliphatic hydroxyl groups is 1. The first-order chi connectivity index (χ1) is 10.3. The second-order valence-corrected chi connectivity index (χ2v) is 6.05. The molecule has 0 bridgehead atoms. The lowest BCUT2D eigenvalue weighted by Crippen LogP contribution is -2.15. The summed E-state index contributed by atoms with van der Waals surface area (Å²) in [5, 5.41) is 9.81. The molecule has 0 radical (unpaired) electrons. The van der Waals surface area contributed by atoms with Gasteiger partial charge in [0.15, 0.2) is 11.5 Å². The van der Waals surface area contributed by atoms with E-state index in [0.717, 1.165) is 33.3 Å². The molecule has 1 atom stereocenters. The molecule has 0 saturated carbocycles. The predicted molar refractivity (Wildman–Crippen MR) is 83.2 cm³/mol. The van der Waals surface area contributed by atoms with Gasteiger partial charge in [-0.15, -0.1) is 0 Å². The summed E-state index contributed by atoms with van der Waals surface area (Å²) >= 11 is 1.67. The topological polar surface area (TPSA) is 38.7 Å². The quantitative estimate of drug-likeness (QED) is 0.924. The molecule has 1 heterocycles. The van der Waals surface area contributed by atoms with E-state index in [0.29, 0.717) is 13.2 Å². The van der Waals surface area contributed by atoms with Gasteiger partial charge >= 0.3 is 0 Å². The van der Waals surface area contributed by atoms with Gasteiger partial charge in [0.05, 0.1) is 6.10 Å². The Kier molecular flexibility index (Phi) is 4.36. The molecular weight excluding hydrogens is 284 g/mol. The second-order valence-electron chi connectivity index (χ2n) is 4.90. The summed E-state index contributed by atoms with van der Waals surface area (Å²) in [6, 6.07) is 14.0. The SMILES string of the molecule is CC[C@H](O)c1ccc(Sc2ccc3c(c2)OCCO3)cc1. The first-order valence-corrected chi connectivity index (χ1v) is 7.93. The molecule has 1 aliphatic rings. The third-order valence-electron chi connectivity index (χ3n) is 3.40. The van der Waals surface area contributed by atoms with Crippen molar-refractivity contribution < 1.29 is 14.6 Å². The van der Waals surface area contributed by atoms with E-state index in [9.17, 15) is 5.11 Å². The van der Waals surface area contributed by atoms with Gasteiger partial charge in [-0.2, -0.15) is 0 Å². The Hall–Kier alpha value is -1.65. The molecule has 0 unspecified atom stereocenters. The number of rotatable bonds is 4. The second kappa shape index (κ2) is 6.41. The van der Waals surface area contributed by atoms with E-state index >= 15 is 0 Å². The van der Waals surface area contributed by atoms with E-state index in [-0.39, 0.29) is 6.10 Å². The van der Waals surface area contributed by atoms with Gasteiger partial charge in [-0.25, -0.2) is 0 Å². The van der Waals surface area contributed by atoms with E-state index < -0.39 is 0 Å². The van der Waals surface area contributed by atoms with Crippen LogP contribution in [0, 0.1) is 0 Å². The molecule has 0 aromatic heterocycles. The predicted octanol–water partition coefficient (Wildman–Crippen LogP) is 4.05. The van der Waals surface area contributed by atoms with Crippen molar-refractivity contribution in [2.45, 2.75) is 29.2 Å². The summed E-state index contributed by atoms with van der Waals surface area (Å²) in [6.07, 6.45) is 0.354. The van der Waals surface area contributed by atoms with E-state index in [1.807, 2.05) is 49.4 Å². The smallest absolute Gasteiger partial charge is 0.162 e. The van der Waals surface area contributed by atoms with Crippen molar-refractivity contribution in [3.05, 3.63) is 48.0 Å². The average Bonchev–Trinajstić information content (AvgIpc) is 2.55. The Balaban J connectivity index is 1.74. The summed E-state index contributed by atoms with van der Waals surface area (Å²) in [7, 11) is 0. The summed E-state index contributed by atoms with van der Waals surface area (Å²) in [4.78, 5) is 2.25. The third kappa shape index (κ3) is 3.34. The Labute approximate surface area is 128 Å². The third-order valence-corrected chi connectivity index (χ3v) is 4.40. The van der Waals surface area contributed by atoms with Gasteiger partial charge in [-0.3, -0.25) is 0 Å². The highest BCUT2D eigenvalue weighted by atomic mass is 32.2. The van der Waals surface area contributed by atoms with Crippen molar-refractivity contribution in [1.82, 2.24) is 0 Å². The van der Waals surface area contributed by atoms with Crippen molar-refractivity contribution >= 4 is 11.8 Å². The monoisotopic (exact) mass is 302 g/mol. The Morgan fingerprint density at radius 1 is 1.00 bits per heavy atom. The molecule has 3 nitrogen and oxygen atoms in total. The number of hydrogen-bond acceptors (Lipinski definition) is 4. The highest BCUT2D eigenvalue weighted by Crippen LogP contribution is 2.37. The molecule has 110 valence electrons. The highest BCUT2D eigenvalue weighted by Gasteiger charge is 2.12. The first kappa shape index (κ1) is 14.3. The molecule has 2 aromatic carbocycles. The van der Waals surface area contributed by atoms with Crippen LogP contribution in [0.3, 0.4) is 0 Å². The zero-order valence-electron chi connectivity index (χ0n) is 11.9. The van der Waals surface area contributed by atoms with Crippen LogP contribution in [0.5, 0.6) is 11.5 Å². The maximum atomic E-state index is 9.81. The van der Waals surface area contributed by atoms with Gasteiger partial charge in [0.25, 0.3) is 0 Å². The Bertz CT molecular complexity index is 610. The molecule has 0 saturated heterocycles. The lowest BCUT2D eigenvalue weighted by atomic mass is 10.1. The fourth-order valence-electron chi connectivity index (χ4n) is 2.22. The zero-order chi connectivity index (χ0) is 14.7. The van der Waals surface area contributed by atoms with Crippen LogP contribution in [-0.4, -0.2) is 18.3 Å². The fraction of sp³-hybridized carbons (Fsp3) is 0.294. The Morgan fingerprint density at radius 3 is 2.38 bits per heavy atom. The molecule has 0 aliphatic carbocycles. The van der Waals surface area contributed by atoms with Gasteiger partial charge in [-0.05, 0) is 42.3 Å². The van der Waals surface area contributed by atoms with Gasteiger partial charge in [0.2, 0.25) is 0 Å². The van der Waals surface area contributed by atoms with E-state index in [1.165, 1.54) is 0 Å². The maximum Gasteiger partial charge on any atom is 0.162 e. The molecule has 0 amide bonds.